The molecule has 2 heterocycles. The van der Waals surface area contributed by atoms with Gasteiger partial charge in [0.1, 0.15) is 0 Å². The molecule has 4 heteroatoms. The predicted molar refractivity (Wildman–Crippen MR) is 192 cm³/mol. The second-order valence-corrected chi connectivity index (χ2v) is 13.5. The molecular formula is C42H29N3S. The molecule has 0 bridgehead atoms. The van der Waals surface area contributed by atoms with Crippen molar-refractivity contribution in [1.82, 2.24) is 15.0 Å². The van der Waals surface area contributed by atoms with Gasteiger partial charge in [-0.2, -0.15) is 0 Å². The number of thiophene rings is 1. The van der Waals surface area contributed by atoms with Gasteiger partial charge in [0.15, 0.2) is 17.5 Å². The van der Waals surface area contributed by atoms with Crippen LogP contribution in [0.1, 0.15) is 25.0 Å². The maximum Gasteiger partial charge on any atom is 0.164 e. The molecule has 218 valence electrons. The van der Waals surface area contributed by atoms with E-state index in [2.05, 4.69) is 117 Å². The summed E-state index contributed by atoms with van der Waals surface area (Å²) in [5, 5.41) is 2.40. The molecular weight excluding hydrogens is 579 g/mol. The molecule has 0 saturated heterocycles. The van der Waals surface area contributed by atoms with Crippen LogP contribution in [0.3, 0.4) is 0 Å². The van der Waals surface area contributed by atoms with Crippen LogP contribution in [0.2, 0.25) is 0 Å². The van der Waals surface area contributed by atoms with Crippen molar-refractivity contribution in [3.63, 3.8) is 0 Å². The zero-order chi connectivity index (χ0) is 30.8. The van der Waals surface area contributed by atoms with E-state index in [0.717, 1.165) is 16.7 Å². The molecule has 46 heavy (non-hydrogen) atoms. The van der Waals surface area contributed by atoms with Crippen LogP contribution in [0, 0.1) is 0 Å². The third kappa shape index (κ3) is 4.22. The lowest BCUT2D eigenvalue weighted by molar-refractivity contribution is 0.660. The molecule has 0 radical (unpaired) electrons. The number of nitrogens with zero attached hydrogens (tertiary/aromatic N) is 3. The Hall–Kier alpha value is -5.45. The lowest BCUT2D eigenvalue weighted by atomic mass is 9.81. The van der Waals surface area contributed by atoms with Gasteiger partial charge < -0.3 is 0 Å². The number of fused-ring (bicyclic) bond motifs is 6. The summed E-state index contributed by atoms with van der Waals surface area (Å²) in [4.78, 5) is 15.1. The van der Waals surface area contributed by atoms with E-state index in [1.807, 2.05) is 47.7 Å². The molecule has 3 nitrogen and oxygen atoms in total. The smallest absolute Gasteiger partial charge is 0.164 e. The highest BCUT2D eigenvalue weighted by Crippen LogP contribution is 2.50. The van der Waals surface area contributed by atoms with Gasteiger partial charge in [0.25, 0.3) is 0 Å². The largest absolute Gasteiger partial charge is 0.208 e. The number of hydrogen-bond donors (Lipinski definition) is 0. The van der Waals surface area contributed by atoms with Crippen molar-refractivity contribution < 1.29 is 0 Å². The van der Waals surface area contributed by atoms with E-state index < -0.39 is 0 Å². The Balaban J connectivity index is 1.23. The molecule has 0 aliphatic heterocycles. The molecule has 2 aromatic heterocycles. The quantitative estimate of drug-likeness (QED) is 0.200. The third-order valence-corrected chi connectivity index (χ3v) is 10.5. The highest BCUT2D eigenvalue weighted by Gasteiger charge is 2.35. The van der Waals surface area contributed by atoms with Crippen LogP contribution >= 0.6 is 11.3 Å². The normalized spacial score (nSPS) is 13.2. The summed E-state index contributed by atoms with van der Waals surface area (Å²) in [6.07, 6.45) is 0. The van der Waals surface area contributed by atoms with E-state index in [0.29, 0.717) is 17.5 Å². The predicted octanol–water partition coefficient (Wildman–Crippen LogP) is 11.2. The van der Waals surface area contributed by atoms with E-state index in [1.54, 1.807) is 0 Å². The molecule has 0 fully saturated rings. The molecule has 0 N–H and O–H groups in total. The van der Waals surface area contributed by atoms with Crippen LogP contribution < -0.4 is 0 Å². The van der Waals surface area contributed by atoms with E-state index in [1.165, 1.54) is 53.6 Å². The molecule has 0 unspecified atom stereocenters. The Morgan fingerprint density at radius 1 is 0.435 bits per heavy atom. The van der Waals surface area contributed by atoms with Gasteiger partial charge in [-0.1, -0.05) is 129 Å². The molecule has 0 atom stereocenters. The number of rotatable bonds is 4. The summed E-state index contributed by atoms with van der Waals surface area (Å²) in [7, 11) is 0. The minimum atomic E-state index is -0.0418. The standard InChI is InChI=1S/C42H29N3S/c1-42(2)34-18-10-9-16-30(34)31-22-20-29(25-35(31)42)28-21-23-36-33(24-28)38-32(17-11-19-37(38)46-36)41-44-39(26-12-5-3-6-13-26)43-40(45-41)27-14-7-4-8-15-27/h3-25H,1-2H3. The van der Waals surface area contributed by atoms with Crippen LogP contribution in [0.15, 0.2) is 140 Å². The fourth-order valence-electron chi connectivity index (χ4n) is 7.01. The summed E-state index contributed by atoms with van der Waals surface area (Å²) in [6.45, 7) is 4.68. The molecule has 1 aliphatic carbocycles. The Bertz CT molecular complexity index is 2380. The minimum absolute atomic E-state index is 0.0418. The van der Waals surface area contributed by atoms with Crippen molar-refractivity contribution in [2.45, 2.75) is 19.3 Å². The number of aromatic nitrogens is 3. The van der Waals surface area contributed by atoms with Crippen LogP contribution in [0.4, 0.5) is 0 Å². The van der Waals surface area contributed by atoms with Crippen LogP contribution in [-0.2, 0) is 5.41 Å². The monoisotopic (exact) mass is 607 g/mol. The Kier molecular flexibility index (Phi) is 6.02. The summed E-state index contributed by atoms with van der Waals surface area (Å²) >= 11 is 1.82. The SMILES string of the molecule is CC1(C)c2ccccc2-c2ccc(-c3ccc4sc5cccc(-c6nc(-c7ccccc7)nc(-c7ccccc7)n6)c5c4c3)cc21. The third-order valence-electron chi connectivity index (χ3n) is 9.35. The fourth-order valence-corrected chi connectivity index (χ4v) is 8.12. The Morgan fingerprint density at radius 3 is 1.76 bits per heavy atom. The first-order valence-electron chi connectivity index (χ1n) is 15.6. The maximum atomic E-state index is 5.07. The Labute approximate surface area is 271 Å². The van der Waals surface area contributed by atoms with Gasteiger partial charge >= 0.3 is 0 Å². The number of benzene rings is 6. The second kappa shape index (κ2) is 10.3. The van der Waals surface area contributed by atoms with Crippen molar-refractivity contribution in [1.29, 1.82) is 0 Å². The topological polar surface area (TPSA) is 38.7 Å². The van der Waals surface area contributed by atoms with E-state index in [4.69, 9.17) is 15.0 Å². The summed E-state index contributed by atoms with van der Waals surface area (Å²) in [5.74, 6) is 2.02. The minimum Gasteiger partial charge on any atom is -0.208 e. The van der Waals surface area contributed by atoms with Crippen molar-refractivity contribution in [2.24, 2.45) is 0 Å². The van der Waals surface area contributed by atoms with E-state index >= 15 is 0 Å². The van der Waals surface area contributed by atoms with Gasteiger partial charge in [0, 0.05) is 42.3 Å². The lowest BCUT2D eigenvalue weighted by Crippen LogP contribution is -2.14. The van der Waals surface area contributed by atoms with Gasteiger partial charge in [0.05, 0.1) is 0 Å². The molecule has 0 spiro atoms. The molecule has 6 aromatic carbocycles. The summed E-state index contributed by atoms with van der Waals surface area (Å²) < 4.78 is 2.47. The molecule has 0 saturated carbocycles. The molecule has 8 aromatic rings. The zero-order valence-electron chi connectivity index (χ0n) is 25.5. The van der Waals surface area contributed by atoms with Crippen LogP contribution in [0.25, 0.3) is 76.6 Å². The first kappa shape index (κ1) is 26.9. The summed E-state index contributed by atoms with van der Waals surface area (Å²) in [5.41, 5.74) is 10.8. The van der Waals surface area contributed by atoms with Gasteiger partial charge in [-0.3, -0.25) is 0 Å². The van der Waals surface area contributed by atoms with Gasteiger partial charge in [0.2, 0.25) is 0 Å². The molecule has 0 amide bonds. The summed E-state index contributed by atoms with van der Waals surface area (Å²) in [6, 6.07) is 49.5. The fraction of sp³-hybridized carbons (Fsp3) is 0.0714. The van der Waals surface area contributed by atoms with Gasteiger partial charge in [-0.15, -0.1) is 11.3 Å². The first-order valence-corrected chi connectivity index (χ1v) is 16.4. The van der Waals surface area contributed by atoms with Crippen LogP contribution in [0.5, 0.6) is 0 Å². The lowest BCUT2D eigenvalue weighted by Gasteiger charge is -2.22. The van der Waals surface area contributed by atoms with Crippen molar-refractivity contribution in [3.05, 3.63) is 151 Å². The van der Waals surface area contributed by atoms with E-state index in [9.17, 15) is 0 Å². The average Bonchev–Trinajstić information content (AvgIpc) is 3.60. The highest BCUT2D eigenvalue weighted by atomic mass is 32.1. The van der Waals surface area contributed by atoms with E-state index in [-0.39, 0.29) is 5.41 Å². The highest BCUT2D eigenvalue weighted by molar-refractivity contribution is 7.26. The average molecular weight is 608 g/mol. The van der Waals surface area contributed by atoms with Crippen LogP contribution in [-0.4, -0.2) is 15.0 Å². The Morgan fingerprint density at radius 2 is 1.02 bits per heavy atom. The maximum absolute atomic E-state index is 5.07. The molecule has 1 aliphatic rings. The molecule has 9 rings (SSSR count). The van der Waals surface area contributed by atoms with Crippen molar-refractivity contribution in [2.75, 3.05) is 0 Å². The van der Waals surface area contributed by atoms with Crippen molar-refractivity contribution >= 4 is 31.5 Å². The number of hydrogen-bond acceptors (Lipinski definition) is 4. The first-order chi connectivity index (χ1) is 22.5. The van der Waals surface area contributed by atoms with Gasteiger partial charge in [-0.25, -0.2) is 15.0 Å². The van der Waals surface area contributed by atoms with Crippen molar-refractivity contribution in [3.8, 4) is 56.4 Å². The zero-order valence-corrected chi connectivity index (χ0v) is 26.3. The van der Waals surface area contributed by atoms with Gasteiger partial charge in [-0.05, 0) is 57.6 Å². The second-order valence-electron chi connectivity index (χ2n) is 12.5.